The van der Waals surface area contributed by atoms with Crippen LogP contribution in [0.1, 0.15) is 19.8 Å². The molecule has 2 atom stereocenters. The van der Waals surface area contributed by atoms with Crippen LogP contribution in [0.2, 0.25) is 0 Å². The number of carboxylic acid groups (broad SMARTS) is 1. The van der Waals surface area contributed by atoms with Gasteiger partial charge in [-0.3, -0.25) is 4.79 Å². The van der Waals surface area contributed by atoms with Crippen molar-refractivity contribution in [3.63, 3.8) is 0 Å². The summed E-state index contributed by atoms with van der Waals surface area (Å²) in [5.41, 5.74) is 0. The molecule has 1 saturated heterocycles. The van der Waals surface area contributed by atoms with Gasteiger partial charge in [-0.05, 0) is 30.9 Å². The third-order valence-corrected chi connectivity index (χ3v) is 3.87. The molecule has 0 bridgehead atoms. The van der Waals surface area contributed by atoms with Crippen molar-refractivity contribution < 1.29 is 24.2 Å². The Morgan fingerprint density at radius 1 is 1.36 bits per heavy atom. The first-order valence-corrected chi connectivity index (χ1v) is 7.30. The zero-order valence-corrected chi connectivity index (χ0v) is 12.8. The predicted octanol–water partition coefficient (Wildman–Crippen LogP) is 1.79. The van der Waals surface area contributed by atoms with E-state index in [1.165, 1.54) is 4.90 Å². The molecule has 22 heavy (non-hydrogen) atoms. The number of ether oxygens (including phenoxy) is 2. The van der Waals surface area contributed by atoms with Crippen LogP contribution in [0.4, 0.5) is 0 Å². The molecule has 0 radical (unpaired) electrons. The Kier molecular flexibility index (Phi) is 5.25. The molecule has 6 heteroatoms. The number of carbonyl (C=O) groups excluding carboxylic acids is 1. The molecule has 6 nitrogen and oxygen atoms in total. The van der Waals surface area contributed by atoms with E-state index in [1.807, 2.05) is 6.92 Å². The highest BCUT2D eigenvalue weighted by Gasteiger charge is 2.34. The fourth-order valence-corrected chi connectivity index (χ4v) is 2.59. The monoisotopic (exact) mass is 307 g/mol. The minimum absolute atomic E-state index is 0.175. The standard InChI is InChI=1S/C16H21NO5/c1-11-6-7-17(14(8-11)16(19)20)15(18)10-22-13-5-3-4-12(9-13)21-2/h3-5,9,11,14H,6-8,10H2,1-2H3,(H,19,20). The summed E-state index contributed by atoms with van der Waals surface area (Å²) in [5, 5.41) is 9.28. The van der Waals surface area contributed by atoms with Crippen LogP contribution in [0.3, 0.4) is 0 Å². The van der Waals surface area contributed by atoms with Crippen molar-refractivity contribution in [2.24, 2.45) is 5.92 Å². The number of carbonyl (C=O) groups is 2. The Morgan fingerprint density at radius 2 is 2.09 bits per heavy atom. The summed E-state index contributed by atoms with van der Waals surface area (Å²) in [4.78, 5) is 25.0. The molecule has 1 fully saturated rings. The average molecular weight is 307 g/mol. The summed E-state index contributed by atoms with van der Waals surface area (Å²) >= 11 is 0. The largest absolute Gasteiger partial charge is 0.497 e. The zero-order valence-electron chi connectivity index (χ0n) is 12.8. The van der Waals surface area contributed by atoms with Crippen LogP contribution in [0.5, 0.6) is 11.5 Å². The number of carboxylic acids is 1. The molecule has 1 heterocycles. The average Bonchev–Trinajstić information content (AvgIpc) is 2.52. The Labute approximate surface area is 129 Å². The summed E-state index contributed by atoms with van der Waals surface area (Å²) in [6, 6.07) is 6.19. The molecule has 0 spiro atoms. The van der Waals surface area contributed by atoms with E-state index in [-0.39, 0.29) is 12.5 Å². The molecule has 1 aliphatic heterocycles. The molecular formula is C16H21NO5. The highest BCUT2D eigenvalue weighted by atomic mass is 16.5. The second-order valence-electron chi connectivity index (χ2n) is 5.54. The molecule has 1 aliphatic rings. The maximum atomic E-state index is 12.3. The number of nitrogens with zero attached hydrogens (tertiary/aromatic N) is 1. The maximum absolute atomic E-state index is 12.3. The van der Waals surface area contributed by atoms with Crippen molar-refractivity contribution in [2.45, 2.75) is 25.8 Å². The Bertz CT molecular complexity index is 545. The van der Waals surface area contributed by atoms with Gasteiger partial charge in [0.15, 0.2) is 6.61 Å². The molecular weight excluding hydrogens is 286 g/mol. The van der Waals surface area contributed by atoms with Crippen LogP contribution in [0.15, 0.2) is 24.3 Å². The summed E-state index contributed by atoms with van der Waals surface area (Å²) in [6.07, 6.45) is 1.30. The lowest BCUT2D eigenvalue weighted by atomic mass is 9.92. The predicted molar refractivity (Wildman–Crippen MR) is 80.0 cm³/mol. The van der Waals surface area contributed by atoms with Gasteiger partial charge in [-0.25, -0.2) is 4.79 Å². The van der Waals surface area contributed by atoms with Crippen molar-refractivity contribution in [3.8, 4) is 11.5 Å². The first-order valence-electron chi connectivity index (χ1n) is 7.30. The van der Waals surface area contributed by atoms with Gasteiger partial charge in [-0.2, -0.15) is 0 Å². The second kappa shape index (κ2) is 7.15. The third-order valence-electron chi connectivity index (χ3n) is 3.87. The van der Waals surface area contributed by atoms with Crippen molar-refractivity contribution in [2.75, 3.05) is 20.3 Å². The Morgan fingerprint density at radius 3 is 2.77 bits per heavy atom. The quantitative estimate of drug-likeness (QED) is 0.897. The lowest BCUT2D eigenvalue weighted by Gasteiger charge is -2.35. The van der Waals surface area contributed by atoms with E-state index in [1.54, 1.807) is 31.4 Å². The number of hydrogen-bond donors (Lipinski definition) is 1. The number of piperidine rings is 1. The second-order valence-corrected chi connectivity index (χ2v) is 5.54. The summed E-state index contributed by atoms with van der Waals surface area (Å²) < 4.78 is 10.5. The maximum Gasteiger partial charge on any atom is 0.326 e. The number of likely N-dealkylation sites (tertiary alicyclic amines) is 1. The van der Waals surface area contributed by atoms with Crippen molar-refractivity contribution in [3.05, 3.63) is 24.3 Å². The van der Waals surface area contributed by atoms with E-state index < -0.39 is 12.0 Å². The van der Waals surface area contributed by atoms with Crippen LogP contribution in [-0.2, 0) is 9.59 Å². The number of aliphatic carboxylic acids is 1. The van der Waals surface area contributed by atoms with Gasteiger partial charge in [0.25, 0.3) is 5.91 Å². The van der Waals surface area contributed by atoms with Gasteiger partial charge in [-0.15, -0.1) is 0 Å². The molecule has 1 aromatic rings. The number of amides is 1. The molecule has 1 aromatic carbocycles. The minimum Gasteiger partial charge on any atom is -0.497 e. The van der Waals surface area contributed by atoms with Crippen molar-refractivity contribution in [1.82, 2.24) is 4.90 Å². The van der Waals surface area contributed by atoms with Crippen LogP contribution in [0.25, 0.3) is 0 Å². The van der Waals surface area contributed by atoms with Gasteiger partial charge in [0.1, 0.15) is 17.5 Å². The first kappa shape index (κ1) is 16.1. The summed E-state index contributed by atoms with van der Waals surface area (Å²) in [7, 11) is 1.55. The van der Waals surface area contributed by atoms with Gasteiger partial charge < -0.3 is 19.5 Å². The number of hydrogen-bond acceptors (Lipinski definition) is 4. The van der Waals surface area contributed by atoms with Gasteiger partial charge in [0.05, 0.1) is 7.11 Å². The van der Waals surface area contributed by atoms with E-state index in [0.717, 1.165) is 6.42 Å². The highest BCUT2D eigenvalue weighted by molar-refractivity contribution is 5.84. The van der Waals surface area contributed by atoms with Crippen molar-refractivity contribution in [1.29, 1.82) is 0 Å². The lowest BCUT2D eigenvalue weighted by molar-refractivity contribution is -0.153. The highest BCUT2D eigenvalue weighted by Crippen LogP contribution is 2.23. The van der Waals surface area contributed by atoms with Crippen LogP contribution in [-0.4, -0.2) is 48.2 Å². The SMILES string of the molecule is COc1cccc(OCC(=O)N2CCC(C)CC2C(=O)O)c1. The fraction of sp³-hybridized carbons (Fsp3) is 0.500. The summed E-state index contributed by atoms with van der Waals surface area (Å²) in [6.45, 7) is 2.29. The molecule has 120 valence electrons. The van der Waals surface area contributed by atoms with E-state index in [4.69, 9.17) is 9.47 Å². The zero-order chi connectivity index (χ0) is 16.1. The Hall–Kier alpha value is -2.24. The third kappa shape index (κ3) is 3.90. The van der Waals surface area contributed by atoms with Crippen molar-refractivity contribution >= 4 is 11.9 Å². The minimum atomic E-state index is -0.957. The van der Waals surface area contributed by atoms with Crippen LogP contribution < -0.4 is 9.47 Å². The molecule has 2 unspecified atom stereocenters. The topological polar surface area (TPSA) is 76.1 Å². The normalized spacial score (nSPS) is 21.3. The molecule has 0 saturated carbocycles. The molecule has 1 amide bonds. The van der Waals surface area contributed by atoms with Gasteiger partial charge in [0, 0.05) is 12.6 Å². The number of benzene rings is 1. The molecule has 1 N–H and O–H groups in total. The Balaban J connectivity index is 1.97. The van der Waals surface area contributed by atoms with Gasteiger partial charge in [0.2, 0.25) is 0 Å². The van der Waals surface area contributed by atoms with E-state index in [0.29, 0.717) is 30.4 Å². The van der Waals surface area contributed by atoms with E-state index in [2.05, 4.69) is 0 Å². The van der Waals surface area contributed by atoms with Gasteiger partial charge in [-0.1, -0.05) is 13.0 Å². The molecule has 0 aromatic heterocycles. The van der Waals surface area contributed by atoms with E-state index in [9.17, 15) is 14.7 Å². The van der Waals surface area contributed by atoms with Crippen LogP contribution >= 0.6 is 0 Å². The summed E-state index contributed by atoms with van der Waals surface area (Å²) in [5.74, 6) is 0.206. The first-order chi connectivity index (χ1) is 10.5. The van der Waals surface area contributed by atoms with Gasteiger partial charge >= 0.3 is 5.97 Å². The number of rotatable bonds is 5. The molecule has 2 rings (SSSR count). The number of methoxy groups -OCH3 is 1. The lowest BCUT2D eigenvalue weighted by Crippen LogP contribution is -2.51. The molecule has 0 aliphatic carbocycles. The van der Waals surface area contributed by atoms with E-state index >= 15 is 0 Å². The smallest absolute Gasteiger partial charge is 0.326 e. The fourth-order valence-electron chi connectivity index (χ4n) is 2.59. The van der Waals surface area contributed by atoms with Crippen LogP contribution in [0, 0.1) is 5.92 Å².